The highest BCUT2D eigenvalue weighted by Gasteiger charge is 2.37. The summed E-state index contributed by atoms with van der Waals surface area (Å²) in [5.41, 5.74) is 1.72. The number of aliphatic carboxylic acids is 1. The molecule has 108 valence electrons. The molecule has 2 unspecified atom stereocenters. The van der Waals surface area contributed by atoms with Crippen LogP contribution in [0.4, 0.5) is 10.5 Å². The Balaban J connectivity index is 2.06. The lowest BCUT2D eigenvalue weighted by atomic mass is 9.99. The van der Waals surface area contributed by atoms with Crippen LogP contribution in [0, 0.1) is 18.8 Å². The minimum atomic E-state index is -0.843. The van der Waals surface area contributed by atoms with Crippen molar-refractivity contribution in [3.05, 3.63) is 28.2 Å². The number of hydrogen-bond acceptors (Lipinski definition) is 2. The summed E-state index contributed by atoms with van der Waals surface area (Å²) >= 11 is 3.44. The van der Waals surface area contributed by atoms with Crippen LogP contribution in [-0.4, -0.2) is 35.1 Å². The molecule has 2 atom stereocenters. The Labute approximate surface area is 126 Å². The number of carbonyl (C=O) groups is 2. The predicted molar refractivity (Wildman–Crippen MR) is 79.8 cm³/mol. The summed E-state index contributed by atoms with van der Waals surface area (Å²) in [6, 6.07) is 5.36. The largest absolute Gasteiger partial charge is 0.481 e. The molecule has 0 bridgehead atoms. The molecule has 2 rings (SSSR count). The van der Waals surface area contributed by atoms with E-state index in [-0.39, 0.29) is 18.5 Å². The molecule has 0 aromatic heterocycles. The lowest BCUT2D eigenvalue weighted by molar-refractivity contribution is -0.142. The van der Waals surface area contributed by atoms with Crippen LogP contribution in [0.15, 0.2) is 22.7 Å². The molecule has 0 aliphatic carbocycles. The number of anilines is 1. The molecular formula is C14H17BrN2O3. The van der Waals surface area contributed by atoms with Crippen molar-refractivity contribution < 1.29 is 14.7 Å². The van der Waals surface area contributed by atoms with Crippen LogP contribution in [0.5, 0.6) is 0 Å². The smallest absolute Gasteiger partial charge is 0.321 e. The van der Waals surface area contributed by atoms with E-state index in [1.807, 2.05) is 32.0 Å². The Bertz CT molecular complexity index is 547. The van der Waals surface area contributed by atoms with E-state index in [0.29, 0.717) is 12.2 Å². The number of aryl methyl sites for hydroxylation is 1. The van der Waals surface area contributed by atoms with E-state index in [4.69, 9.17) is 5.11 Å². The van der Waals surface area contributed by atoms with Gasteiger partial charge in [-0.3, -0.25) is 4.79 Å². The van der Waals surface area contributed by atoms with Crippen LogP contribution in [0.2, 0.25) is 0 Å². The SMILES string of the molecule is Cc1cccc(NC(=O)N2CC(C)C(C(=O)O)C2)c1Br. The van der Waals surface area contributed by atoms with E-state index in [2.05, 4.69) is 21.2 Å². The molecule has 1 aliphatic rings. The monoisotopic (exact) mass is 340 g/mol. The molecule has 2 N–H and O–H groups in total. The standard InChI is InChI=1S/C14H17BrN2O3/c1-8-4-3-5-11(12(8)15)16-14(20)17-6-9(2)10(7-17)13(18)19/h3-5,9-10H,6-7H2,1-2H3,(H,16,20)(H,18,19). The summed E-state index contributed by atoms with van der Waals surface area (Å²) in [4.78, 5) is 24.8. The molecule has 0 spiro atoms. The first-order valence-electron chi connectivity index (χ1n) is 6.44. The van der Waals surface area contributed by atoms with Crippen LogP contribution in [0.3, 0.4) is 0 Å². The number of nitrogens with one attached hydrogen (secondary N) is 1. The maximum Gasteiger partial charge on any atom is 0.321 e. The molecule has 1 aromatic carbocycles. The Morgan fingerprint density at radius 2 is 2.10 bits per heavy atom. The second-order valence-electron chi connectivity index (χ2n) is 5.19. The molecule has 1 fully saturated rings. The predicted octanol–water partition coefficient (Wildman–Crippen LogP) is 2.94. The van der Waals surface area contributed by atoms with Crippen molar-refractivity contribution in [2.45, 2.75) is 13.8 Å². The van der Waals surface area contributed by atoms with Gasteiger partial charge in [0.15, 0.2) is 0 Å². The first-order valence-corrected chi connectivity index (χ1v) is 7.23. The van der Waals surface area contributed by atoms with Gasteiger partial charge in [0.1, 0.15) is 0 Å². The fourth-order valence-electron chi connectivity index (χ4n) is 2.39. The topological polar surface area (TPSA) is 69.6 Å². The number of nitrogens with zero attached hydrogens (tertiary/aromatic N) is 1. The number of carbonyl (C=O) groups excluding carboxylic acids is 1. The summed E-state index contributed by atoms with van der Waals surface area (Å²) in [6.07, 6.45) is 0. The molecule has 1 saturated heterocycles. The Hall–Kier alpha value is -1.56. The summed E-state index contributed by atoms with van der Waals surface area (Å²) in [5, 5.41) is 11.9. The Morgan fingerprint density at radius 1 is 1.40 bits per heavy atom. The zero-order valence-electron chi connectivity index (χ0n) is 11.4. The number of rotatable bonds is 2. The summed E-state index contributed by atoms with van der Waals surface area (Å²) in [7, 11) is 0. The Morgan fingerprint density at radius 3 is 2.70 bits per heavy atom. The first-order chi connectivity index (χ1) is 9.40. The van der Waals surface area contributed by atoms with Crippen molar-refractivity contribution in [1.82, 2.24) is 4.90 Å². The zero-order valence-corrected chi connectivity index (χ0v) is 13.0. The minimum absolute atomic E-state index is 0.0285. The van der Waals surface area contributed by atoms with Gasteiger partial charge < -0.3 is 15.3 Å². The van der Waals surface area contributed by atoms with Crippen LogP contribution >= 0.6 is 15.9 Å². The first kappa shape index (κ1) is 14.8. The van der Waals surface area contributed by atoms with Crippen LogP contribution in [0.25, 0.3) is 0 Å². The molecule has 1 aromatic rings. The molecule has 0 saturated carbocycles. The molecule has 2 amide bonds. The van der Waals surface area contributed by atoms with Crippen molar-refractivity contribution in [3.8, 4) is 0 Å². The van der Waals surface area contributed by atoms with E-state index in [0.717, 1.165) is 10.0 Å². The molecular weight excluding hydrogens is 324 g/mol. The summed E-state index contributed by atoms with van der Waals surface area (Å²) in [6.45, 7) is 4.52. The summed E-state index contributed by atoms with van der Waals surface area (Å²) in [5.74, 6) is -1.36. The fourth-order valence-corrected chi connectivity index (χ4v) is 2.76. The van der Waals surface area contributed by atoms with Gasteiger partial charge in [0.25, 0.3) is 0 Å². The van der Waals surface area contributed by atoms with Crippen LogP contribution in [-0.2, 0) is 4.79 Å². The normalized spacial score (nSPS) is 21.9. The van der Waals surface area contributed by atoms with Gasteiger partial charge in [0.2, 0.25) is 0 Å². The third-order valence-electron chi connectivity index (χ3n) is 3.65. The molecule has 5 nitrogen and oxygen atoms in total. The van der Waals surface area contributed by atoms with Gasteiger partial charge in [-0.25, -0.2) is 4.79 Å². The molecule has 1 aliphatic heterocycles. The maximum atomic E-state index is 12.2. The van der Waals surface area contributed by atoms with Gasteiger partial charge in [-0.05, 0) is 40.4 Å². The maximum absolute atomic E-state index is 12.2. The summed E-state index contributed by atoms with van der Waals surface area (Å²) < 4.78 is 0.843. The number of likely N-dealkylation sites (tertiary alicyclic amines) is 1. The molecule has 0 radical (unpaired) electrons. The van der Waals surface area contributed by atoms with Crippen LogP contribution < -0.4 is 5.32 Å². The third-order valence-corrected chi connectivity index (χ3v) is 4.70. The zero-order chi connectivity index (χ0) is 14.9. The Kier molecular flexibility index (Phi) is 4.32. The van der Waals surface area contributed by atoms with Crippen LogP contribution in [0.1, 0.15) is 12.5 Å². The third kappa shape index (κ3) is 2.95. The van der Waals surface area contributed by atoms with Gasteiger partial charge in [-0.15, -0.1) is 0 Å². The van der Waals surface area contributed by atoms with E-state index in [9.17, 15) is 9.59 Å². The minimum Gasteiger partial charge on any atom is -0.481 e. The second-order valence-corrected chi connectivity index (χ2v) is 5.99. The van der Waals surface area contributed by atoms with Gasteiger partial charge in [-0.2, -0.15) is 0 Å². The average molecular weight is 341 g/mol. The van der Waals surface area contributed by atoms with Gasteiger partial charge in [0, 0.05) is 17.6 Å². The highest BCUT2D eigenvalue weighted by atomic mass is 79.9. The quantitative estimate of drug-likeness (QED) is 0.869. The van der Waals surface area contributed by atoms with E-state index < -0.39 is 11.9 Å². The molecule has 1 heterocycles. The molecule has 20 heavy (non-hydrogen) atoms. The van der Waals surface area contributed by atoms with E-state index >= 15 is 0 Å². The lowest BCUT2D eigenvalue weighted by Crippen LogP contribution is -2.34. The lowest BCUT2D eigenvalue weighted by Gasteiger charge is -2.18. The number of benzene rings is 1. The average Bonchev–Trinajstić information content (AvgIpc) is 2.77. The number of carboxylic acid groups (broad SMARTS) is 1. The number of amides is 2. The van der Waals surface area contributed by atoms with Gasteiger partial charge in [-0.1, -0.05) is 19.1 Å². The van der Waals surface area contributed by atoms with E-state index in [1.165, 1.54) is 0 Å². The van der Waals surface area contributed by atoms with E-state index in [1.54, 1.807) is 4.90 Å². The number of hydrogen-bond donors (Lipinski definition) is 2. The van der Waals surface area contributed by atoms with Gasteiger partial charge >= 0.3 is 12.0 Å². The van der Waals surface area contributed by atoms with Crippen molar-refractivity contribution in [2.75, 3.05) is 18.4 Å². The number of carboxylic acids is 1. The number of urea groups is 1. The highest BCUT2D eigenvalue weighted by molar-refractivity contribution is 9.10. The molecule has 6 heteroatoms. The van der Waals surface area contributed by atoms with Crippen molar-refractivity contribution in [1.29, 1.82) is 0 Å². The van der Waals surface area contributed by atoms with Crippen molar-refractivity contribution in [2.24, 2.45) is 11.8 Å². The van der Waals surface area contributed by atoms with Crippen molar-refractivity contribution in [3.63, 3.8) is 0 Å². The fraction of sp³-hybridized carbons (Fsp3) is 0.429. The van der Waals surface area contributed by atoms with Gasteiger partial charge in [0.05, 0.1) is 11.6 Å². The highest BCUT2D eigenvalue weighted by Crippen LogP contribution is 2.28. The second kappa shape index (κ2) is 5.83. The van der Waals surface area contributed by atoms with Crippen molar-refractivity contribution >= 4 is 33.6 Å². The number of halogens is 1.